The number of hydrogen-bond acceptors (Lipinski definition) is 7. The van der Waals surface area contributed by atoms with E-state index in [1.165, 1.54) is 23.6 Å². The van der Waals surface area contributed by atoms with Crippen LogP contribution in [0.4, 0.5) is 17.1 Å². The zero-order valence-electron chi connectivity index (χ0n) is 17.8. The van der Waals surface area contributed by atoms with E-state index in [2.05, 4.69) is 10.2 Å². The molecule has 0 aromatic heterocycles. The van der Waals surface area contributed by atoms with Gasteiger partial charge in [-0.05, 0) is 43.3 Å². The van der Waals surface area contributed by atoms with Crippen LogP contribution in [0.5, 0.6) is 0 Å². The Balaban J connectivity index is 1.31. The maximum absolute atomic E-state index is 12.5. The number of amides is 2. The Hall–Kier alpha value is -3.04. The van der Waals surface area contributed by atoms with Crippen molar-refractivity contribution >= 4 is 46.6 Å². The minimum absolute atomic E-state index is 0.164. The second-order valence-corrected chi connectivity index (χ2v) is 8.52. The van der Waals surface area contributed by atoms with Crippen LogP contribution in [0.1, 0.15) is 6.92 Å². The molecule has 32 heavy (non-hydrogen) atoms. The highest BCUT2D eigenvalue weighted by atomic mass is 32.2. The standard InChI is InChI=1S/C23H25N3O5S/c1-16(23(29)24-17-6-8-18(9-7-17)25-10-12-30-13-11-25)31-22(28)14-26-19-4-2-3-5-20(19)32-15-21(26)27/h2-9,16H,10-15H2,1H3,(H,24,29). The normalized spacial score (nSPS) is 16.8. The topological polar surface area (TPSA) is 88.2 Å². The fourth-order valence-corrected chi connectivity index (χ4v) is 4.50. The second-order valence-electron chi connectivity index (χ2n) is 7.50. The number of para-hydroxylation sites is 1. The highest BCUT2D eigenvalue weighted by molar-refractivity contribution is 8.00. The molecule has 2 aliphatic rings. The maximum atomic E-state index is 12.5. The second kappa shape index (κ2) is 10.1. The number of hydrogen-bond donors (Lipinski definition) is 1. The minimum atomic E-state index is -0.995. The van der Waals surface area contributed by atoms with Crippen molar-refractivity contribution in [2.24, 2.45) is 0 Å². The monoisotopic (exact) mass is 455 g/mol. The van der Waals surface area contributed by atoms with Crippen molar-refractivity contribution in [1.29, 1.82) is 0 Å². The molecule has 2 amide bonds. The predicted molar refractivity (Wildman–Crippen MR) is 123 cm³/mol. The molecule has 2 aromatic carbocycles. The van der Waals surface area contributed by atoms with Gasteiger partial charge in [-0.3, -0.25) is 19.3 Å². The van der Waals surface area contributed by atoms with Crippen LogP contribution in [0, 0.1) is 0 Å². The molecule has 1 N–H and O–H groups in total. The zero-order valence-corrected chi connectivity index (χ0v) is 18.6. The molecule has 1 fully saturated rings. The molecule has 1 atom stereocenters. The highest BCUT2D eigenvalue weighted by Gasteiger charge is 2.28. The van der Waals surface area contributed by atoms with Crippen molar-refractivity contribution in [3.05, 3.63) is 48.5 Å². The Morgan fingerprint density at radius 1 is 1.12 bits per heavy atom. The fourth-order valence-electron chi connectivity index (χ4n) is 3.57. The van der Waals surface area contributed by atoms with E-state index in [1.54, 1.807) is 6.07 Å². The van der Waals surface area contributed by atoms with Crippen molar-refractivity contribution in [3.63, 3.8) is 0 Å². The van der Waals surface area contributed by atoms with Crippen molar-refractivity contribution in [3.8, 4) is 0 Å². The number of ether oxygens (including phenoxy) is 2. The van der Waals surface area contributed by atoms with Crippen molar-refractivity contribution in [1.82, 2.24) is 0 Å². The van der Waals surface area contributed by atoms with Gasteiger partial charge in [0.1, 0.15) is 6.54 Å². The van der Waals surface area contributed by atoms with E-state index in [9.17, 15) is 14.4 Å². The molecule has 2 aromatic rings. The minimum Gasteiger partial charge on any atom is -0.451 e. The number of morpholine rings is 1. The van der Waals surface area contributed by atoms with Gasteiger partial charge in [-0.25, -0.2) is 0 Å². The van der Waals surface area contributed by atoms with Crippen LogP contribution in [-0.2, 0) is 23.9 Å². The van der Waals surface area contributed by atoms with Gasteiger partial charge in [-0.1, -0.05) is 12.1 Å². The van der Waals surface area contributed by atoms with Crippen LogP contribution >= 0.6 is 11.8 Å². The molecule has 0 spiro atoms. The largest absolute Gasteiger partial charge is 0.451 e. The van der Waals surface area contributed by atoms with Gasteiger partial charge in [0.2, 0.25) is 5.91 Å². The number of nitrogens with one attached hydrogen (secondary N) is 1. The Kier molecular flexibility index (Phi) is 6.96. The molecule has 1 unspecified atom stereocenters. The number of nitrogens with zero attached hydrogens (tertiary/aromatic N) is 2. The first kappa shape index (κ1) is 22.2. The molecular weight excluding hydrogens is 430 g/mol. The van der Waals surface area contributed by atoms with Gasteiger partial charge >= 0.3 is 5.97 Å². The van der Waals surface area contributed by atoms with Gasteiger partial charge in [0.05, 0.1) is 24.7 Å². The number of thioether (sulfide) groups is 1. The number of anilines is 3. The summed E-state index contributed by atoms with van der Waals surface area (Å²) in [6.07, 6.45) is -0.995. The summed E-state index contributed by atoms with van der Waals surface area (Å²) in [5, 5.41) is 2.76. The van der Waals surface area contributed by atoms with E-state index in [4.69, 9.17) is 9.47 Å². The molecule has 8 nitrogen and oxygen atoms in total. The molecule has 9 heteroatoms. The first-order valence-corrected chi connectivity index (χ1v) is 11.4. The van der Waals surface area contributed by atoms with Gasteiger partial charge in [0.15, 0.2) is 6.10 Å². The SMILES string of the molecule is CC(OC(=O)CN1C(=O)CSc2ccccc21)C(=O)Nc1ccc(N2CCOCC2)cc1. The number of esters is 1. The molecule has 2 aliphatic heterocycles. The van der Waals surface area contributed by atoms with E-state index < -0.39 is 18.0 Å². The van der Waals surface area contributed by atoms with Crippen LogP contribution in [0.15, 0.2) is 53.4 Å². The summed E-state index contributed by atoms with van der Waals surface area (Å²) < 4.78 is 10.7. The lowest BCUT2D eigenvalue weighted by atomic mass is 10.2. The molecule has 0 saturated carbocycles. The number of carbonyl (C=O) groups excluding carboxylic acids is 3. The average Bonchev–Trinajstić information content (AvgIpc) is 2.82. The third-order valence-electron chi connectivity index (χ3n) is 5.28. The lowest BCUT2D eigenvalue weighted by molar-refractivity contribution is -0.152. The summed E-state index contributed by atoms with van der Waals surface area (Å²) >= 11 is 1.44. The first-order chi connectivity index (χ1) is 15.5. The number of rotatable bonds is 6. The van der Waals surface area contributed by atoms with Crippen LogP contribution in [0.3, 0.4) is 0 Å². The number of carbonyl (C=O) groups is 3. The Morgan fingerprint density at radius 3 is 2.59 bits per heavy atom. The summed E-state index contributed by atoms with van der Waals surface area (Å²) in [4.78, 5) is 41.8. The van der Waals surface area contributed by atoms with E-state index in [0.717, 1.165) is 23.7 Å². The molecule has 0 aliphatic carbocycles. The first-order valence-electron chi connectivity index (χ1n) is 10.5. The van der Waals surface area contributed by atoms with Crippen LogP contribution in [-0.4, -0.2) is 62.5 Å². The summed E-state index contributed by atoms with van der Waals surface area (Å²) in [6, 6.07) is 14.9. The predicted octanol–water partition coefficient (Wildman–Crippen LogP) is 2.53. The Labute approximate surface area is 190 Å². The van der Waals surface area contributed by atoms with Crippen molar-refractivity contribution in [2.75, 3.05) is 53.7 Å². The average molecular weight is 456 g/mol. The third-order valence-corrected chi connectivity index (χ3v) is 6.33. The van der Waals surface area contributed by atoms with Crippen molar-refractivity contribution in [2.45, 2.75) is 17.9 Å². The molecule has 1 saturated heterocycles. The summed E-state index contributed by atoms with van der Waals surface area (Å²) in [5.74, 6) is -0.965. The van der Waals surface area contributed by atoms with E-state index in [-0.39, 0.29) is 18.2 Å². The summed E-state index contributed by atoms with van der Waals surface area (Å²) in [5.41, 5.74) is 2.37. The summed E-state index contributed by atoms with van der Waals surface area (Å²) in [7, 11) is 0. The third kappa shape index (κ3) is 5.23. The van der Waals surface area contributed by atoms with E-state index in [1.807, 2.05) is 42.5 Å². The zero-order chi connectivity index (χ0) is 22.5. The van der Waals surface area contributed by atoms with Gasteiger partial charge in [-0.2, -0.15) is 0 Å². The van der Waals surface area contributed by atoms with Crippen LogP contribution in [0.2, 0.25) is 0 Å². The van der Waals surface area contributed by atoms with Crippen LogP contribution in [0.25, 0.3) is 0 Å². The molecule has 0 bridgehead atoms. The maximum Gasteiger partial charge on any atom is 0.326 e. The highest BCUT2D eigenvalue weighted by Crippen LogP contribution is 2.34. The van der Waals surface area contributed by atoms with Crippen LogP contribution < -0.4 is 15.1 Å². The Morgan fingerprint density at radius 2 is 1.84 bits per heavy atom. The lowest BCUT2D eigenvalue weighted by Gasteiger charge is -2.29. The molecular formula is C23H25N3O5S. The van der Waals surface area contributed by atoms with Gasteiger partial charge < -0.3 is 19.7 Å². The van der Waals surface area contributed by atoms with Gasteiger partial charge in [-0.15, -0.1) is 11.8 Å². The molecule has 0 radical (unpaired) electrons. The van der Waals surface area contributed by atoms with Crippen molar-refractivity contribution < 1.29 is 23.9 Å². The van der Waals surface area contributed by atoms with Gasteiger partial charge in [0, 0.05) is 29.4 Å². The smallest absolute Gasteiger partial charge is 0.326 e. The number of fused-ring (bicyclic) bond motifs is 1. The Bertz CT molecular complexity index is 991. The van der Waals surface area contributed by atoms with Gasteiger partial charge in [0.25, 0.3) is 5.91 Å². The number of benzene rings is 2. The quantitative estimate of drug-likeness (QED) is 0.670. The van der Waals surface area contributed by atoms with E-state index >= 15 is 0 Å². The van der Waals surface area contributed by atoms with E-state index in [0.29, 0.717) is 24.6 Å². The fraction of sp³-hybridized carbons (Fsp3) is 0.348. The lowest BCUT2D eigenvalue weighted by Crippen LogP contribution is -2.41. The molecule has 4 rings (SSSR count). The summed E-state index contributed by atoms with van der Waals surface area (Å²) in [6.45, 7) is 4.35. The molecule has 2 heterocycles. The molecule has 168 valence electrons.